The van der Waals surface area contributed by atoms with E-state index in [-0.39, 0.29) is 10.6 Å². The predicted molar refractivity (Wildman–Crippen MR) is 92.7 cm³/mol. The van der Waals surface area contributed by atoms with E-state index in [2.05, 4.69) is 21.0 Å². The van der Waals surface area contributed by atoms with E-state index in [9.17, 15) is 40.6 Å². The molecule has 1 N–H and O–H groups in total. The number of nitrogens with zero attached hydrogens (tertiary/aromatic N) is 2. The predicted octanol–water partition coefficient (Wildman–Crippen LogP) is 5.22. The second kappa shape index (κ2) is 6.93. The third-order valence-corrected chi connectivity index (χ3v) is 5.11. The molecule has 0 radical (unpaired) electrons. The first-order chi connectivity index (χ1) is 12.9. The summed E-state index contributed by atoms with van der Waals surface area (Å²) in [6.07, 6.45) is -7.96. The van der Waals surface area contributed by atoms with Crippen LogP contribution in [0.15, 0.2) is 33.8 Å². The van der Waals surface area contributed by atoms with Gasteiger partial charge in [0.1, 0.15) is 5.71 Å². The van der Waals surface area contributed by atoms with Crippen LogP contribution in [0, 0.1) is 5.41 Å². The molecule has 0 aromatic heterocycles. The number of carbonyl (C=O) groups is 1. The van der Waals surface area contributed by atoms with Crippen LogP contribution in [0.4, 0.5) is 30.7 Å². The fraction of sp³-hybridized carbons (Fsp3) is 0.529. The highest BCUT2D eigenvalue weighted by Crippen LogP contribution is 2.51. The lowest BCUT2D eigenvalue weighted by atomic mass is 9.79. The van der Waals surface area contributed by atoms with Crippen LogP contribution >= 0.6 is 15.9 Å². The number of rotatable bonds is 3. The molecule has 1 amide bonds. The average molecular weight is 493 g/mol. The Morgan fingerprint density at radius 3 is 1.97 bits per heavy atom. The van der Waals surface area contributed by atoms with Crippen molar-refractivity contribution in [2.75, 3.05) is 0 Å². The highest BCUT2D eigenvalue weighted by Gasteiger charge is 2.76. The summed E-state index contributed by atoms with van der Waals surface area (Å²) >= 11 is 3.12. The topological polar surface area (TPSA) is 52.9 Å². The second-order valence-electron chi connectivity index (χ2n) is 7.56. The number of benzene rings is 1. The quantitative estimate of drug-likeness (QED) is 0.588. The number of halogens is 8. The van der Waals surface area contributed by atoms with Crippen molar-refractivity contribution in [2.24, 2.45) is 10.5 Å². The SMILES string of the molecule is CC(C)(C)[C@]1(O)CC(C(F)(F)C(F)(F)C(F)(F)F)=NN1C(=O)c1ccc(Br)cc1. The Kier molecular flexibility index (Phi) is 5.64. The Hall–Kier alpha value is -1.69. The van der Waals surface area contributed by atoms with Crippen molar-refractivity contribution in [2.45, 2.75) is 50.9 Å². The molecule has 0 spiro atoms. The van der Waals surface area contributed by atoms with Crippen LogP contribution in [0.5, 0.6) is 0 Å². The van der Waals surface area contributed by atoms with E-state index in [1.165, 1.54) is 45.0 Å². The highest BCUT2D eigenvalue weighted by molar-refractivity contribution is 9.10. The number of hydrazone groups is 1. The molecule has 1 atom stereocenters. The van der Waals surface area contributed by atoms with Crippen LogP contribution in [0.1, 0.15) is 37.6 Å². The summed E-state index contributed by atoms with van der Waals surface area (Å²) in [5.74, 6) is -13.4. The number of carbonyl (C=O) groups excluding carboxylic acids is 1. The fourth-order valence-corrected chi connectivity index (χ4v) is 2.86. The molecule has 0 saturated heterocycles. The van der Waals surface area contributed by atoms with Gasteiger partial charge in [-0.2, -0.15) is 40.8 Å². The van der Waals surface area contributed by atoms with Crippen LogP contribution in [0.3, 0.4) is 0 Å². The number of alkyl halides is 7. The molecule has 0 saturated carbocycles. The van der Waals surface area contributed by atoms with Crippen LogP contribution in [0.2, 0.25) is 0 Å². The highest BCUT2D eigenvalue weighted by atomic mass is 79.9. The Balaban J connectivity index is 2.59. The van der Waals surface area contributed by atoms with Crippen molar-refractivity contribution in [3.63, 3.8) is 0 Å². The lowest BCUT2D eigenvalue weighted by Crippen LogP contribution is -2.58. The van der Waals surface area contributed by atoms with E-state index in [4.69, 9.17) is 0 Å². The molecule has 1 aliphatic heterocycles. The molecule has 0 aliphatic carbocycles. The van der Waals surface area contributed by atoms with Crippen molar-refractivity contribution in [3.8, 4) is 0 Å². The minimum Gasteiger partial charge on any atom is -0.368 e. The van der Waals surface area contributed by atoms with Crippen LogP contribution in [-0.4, -0.2) is 45.5 Å². The lowest BCUT2D eigenvalue weighted by Gasteiger charge is -2.41. The minimum atomic E-state index is -6.57. The van der Waals surface area contributed by atoms with E-state index < -0.39 is 47.2 Å². The zero-order valence-corrected chi connectivity index (χ0v) is 16.9. The van der Waals surface area contributed by atoms with E-state index in [1.54, 1.807) is 0 Å². The maximum atomic E-state index is 14.2. The van der Waals surface area contributed by atoms with Crippen molar-refractivity contribution in [3.05, 3.63) is 34.3 Å². The Bertz CT molecular complexity index is 832. The van der Waals surface area contributed by atoms with Crippen LogP contribution in [-0.2, 0) is 0 Å². The molecule has 4 nitrogen and oxygen atoms in total. The average Bonchev–Trinajstić information content (AvgIpc) is 2.93. The molecule has 1 heterocycles. The summed E-state index contributed by atoms with van der Waals surface area (Å²) in [5.41, 5.74) is -6.08. The molecule has 29 heavy (non-hydrogen) atoms. The van der Waals surface area contributed by atoms with Gasteiger partial charge in [-0.15, -0.1) is 0 Å². The van der Waals surface area contributed by atoms with Gasteiger partial charge in [-0.05, 0) is 24.3 Å². The first-order valence-corrected chi connectivity index (χ1v) is 8.88. The summed E-state index contributed by atoms with van der Waals surface area (Å²) in [4.78, 5) is 12.7. The monoisotopic (exact) mass is 492 g/mol. The van der Waals surface area contributed by atoms with Gasteiger partial charge in [0, 0.05) is 21.9 Å². The van der Waals surface area contributed by atoms with E-state index in [0.717, 1.165) is 0 Å². The van der Waals surface area contributed by atoms with Crippen LogP contribution < -0.4 is 0 Å². The van der Waals surface area contributed by atoms with Gasteiger partial charge < -0.3 is 5.11 Å². The van der Waals surface area contributed by atoms with Crippen molar-refractivity contribution in [1.29, 1.82) is 0 Å². The zero-order valence-electron chi connectivity index (χ0n) is 15.3. The zero-order chi connectivity index (χ0) is 22.6. The molecular weight excluding hydrogens is 477 g/mol. The second-order valence-corrected chi connectivity index (χ2v) is 8.48. The summed E-state index contributed by atoms with van der Waals surface area (Å²) in [5, 5.41) is 14.1. The minimum absolute atomic E-state index is 0.145. The maximum Gasteiger partial charge on any atom is 0.460 e. The Morgan fingerprint density at radius 1 is 1.07 bits per heavy atom. The van der Waals surface area contributed by atoms with Gasteiger partial charge in [0.2, 0.25) is 0 Å². The van der Waals surface area contributed by atoms with Gasteiger partial charge in [0.25, 0.3) is 5.91 Å². The molecule has 0 bridgehead atoms. The standard InChI is InChI=1S/C17H16BrF7N2O2/c1-13(2,3)14(29)8-11(15(19,20)16(21,22)17(23,24)25)26-27(14)12(28)9-4-6-10(18)7-5-9/h4-7,29H,8H2,1-3H3/t14-/m1/s1. The Morgan fingerprint density at radius 2 is 1.55 bits per heavy atom. The molecule has 0 fully saturated rings. The summed E-state index contributed by atoms with van der Waals surface area (Å²) in [6.45, 7) is 3.90. The molecule has 1 aliphatic rings. The van der Waals surface area contributed by atoms with E-state index >= 15 is 0 Å². The summed E-state index contributed by atoms with van der Waals surface area (Å²) < 4.78 is 93.4. The van der Waals surface area contributed by atoms with Gasteiger partial charge in [0.05, 0.1) is 0 Å². The molecule has 1 aromatic rings. The first kappa shape index (κ1) is 23.6. The lowest BCUT2D eigenvalue weighted by molar-refractivity contribution is -0.336. The van der Waals surface area contributed by atoms with Crippen molar-refractivity contribution < 1.29 is 40.6 Å². The maximum absolute atomic E-state index is 14.2. The summed E-state index contributed by atoms with van der Waals surface area (Å²) in [7, 11) is 0. The molecule has 2 rings (SSSR count). The van der Waals surface area contributed by atoms with Crippen molar-refractivity contribution >= 4 is 27.5 Å². The van der Waals surface area contributed by atoms with Gasteiger partial charge >= 0.3 is 18.0 Å². The van der Waals surface area contributed by atoms with Gasteiger partial charge in [-0.25, -0.2) is 0 Å². The van der Waals surface area contributed by atoms with Crippen molar-refractivity contribution in [1.82, 2.24) is 5.01 Å². The molecule has 1 aromatic carbocycles. The first-order valence-electron chi connectivity index (χ1n) is 8.09. The number of aliphatic hydroxyl groups is 1. The molecule has 162 valence electrons. The number of hydrogen-bond donors (Lipinski definition) is 1. The van der Waals surface area contributed by atoms with Gasteiger partial charge in [0.15, 0.2) is 5.72 Å². The smallest absolute Gasteiger partial charge is 0.368 e. The number of hydrogen-bond acceptors (Lipinski definition) is 3. The number of amides is 1. The fourth-order valence-electron chi connectivity index (χ4n) is 2.59. The van der Waals surface area contributed by atoms with Gasteiger partial charge in [-0.1, -0.05) is 36.7 Å². The third-order valence-electron chi connectivity index (χ3n) is 4.58. The third kappa shape index (κ3) is 3.76. The molecule has 0 unspecified atom stereocenters. The largest absolute Gasteiger partial charge is 0.460 e. The van der Waals surface area contributed by atoms with Gasteiger partial charge in [-0.3, -0.25) is 4.79 Å². The van der Waals surface area contributed by atoms with E-state index in [0.29, 0.717) is 4.47 Å². The normalized spacial score (nSPS) is 21.4. The van der Waals surface area contributed by atoms with Crippen LogP contribution in [0.25, 0.3) is 0 Å². The Labute approximate surface area is 169 Å². The summed E-state index contributed by atoms with van der Waals surface area (Å²) in [6, 6.07) is 5.31. The van der Waals surface area contributed by atoms with E-state index in [1.807, 2.05) is 0 Å². The molecule has 12 heteroatoms. The molecular formula is C17H16BrF7N2O2.